The number of nitrogen functional groups attached to an aromatic ring is 1. The summed E-state index contributed by atoms with van der Waals surface area (Å²) in [6.45, 7) is 6.54. The first-order valence-corrected chi connectivity index (χ1v) is 10.2. The molecular weight excluding hydrogens is 348 g/mol. The molecule has 2 aromatic rings. The molecule has 7 heteroatoms. The van der Waals surface area contributed by atoms with Gasteiger partial charge >= 0.3 is 0 Å². The molecule has 0 spiro atoms. The Labute approximate surface area is 159 Å². The topological polar surface area (TPSA) is 99.0 Å². The molecule has 0 bridgehead atoms. The van der Waals surface area contributed by atoms with E-state index in [1.165, 1.54) is 17.8 Å². The van der Waals surface area contributed by atoms with Gasteiger partial charge in [0.05, 0.1) is 10.4 Å². The van der Waals surface area contributed by atoms with Crippen molar-refractivity contribution in [2.24, 2.45) is 0 Å². The predicted molar refractivity (Wildman–Crippen MR) is 102 cm³/mol. The van der Waals surface area contributed by atoms with Crippen LogP contribution in [0.3, 0.4) is 0 Å². The van der Waals surface area contributed by atoms with E-state index in [9.17, 15) is 10.2 Å². The summed E-state index contributed by atoms with van der Waals surface area (Å²) < 4.78 is 2.04. The van der Waals surface area contributed by atoms with Crippen LogP contribution in [0.25, 0.3) is 0 Å². The van der Waals surface area contributed by atoms with Crippen LogP contribution in [0.4, 0.5) is 5.82 Å². The lowest BCUT2D eigenvalue weighted by atomic mass is 10.1. The lowest BCUT2D eigenvalue weighted by Crippen LogP contribution is -2.43. The van der Waals surface area contributed by atoms with Crippen molar-refractivity contribution in [1.29, 1.82) is 0 Å². The monoisotopic (exact) mass is 378 g/mol. The number of hydrogen-bond donors (Lipinski definition) is 2. The van der Waals surface area contributed by atoms with E-state index >= 15 is 0 Å². The number of aryl methyl sites for hydroxylation is 1. The minimum atomic E-state index is -0.754. The summed E-state index contributed by atoms with van der Waals surface area (Å²) in [5, 5.41) is 23.0. The molecule has 0 aliphatic heterocycles. The quantitative estimate of drug-likeness (QED) is 0.486. The zero-order valence-electron chi connectivity index (χ0n) is 16.0. The molecule has 2 rings (SSSR count). The first-order valence-electron chi connectivity index (χ1n) is 9.34. The first kappa shape index (κ1) is 20.7. The normalized spacial score (nSPS) is 12.5. The van der Waals surface area contributed by atoms with Gasteiger partial charge < -0.3 is 15.9 Å². The van der Waals surface area contributed by atoms with Crippen molar-refractivity contribution < 1.29 is 14.8 Å². The van der Waals surface area contributed by atoms with Gasteiger partial charge in [-0.3, -0.25) is 0 Å². The predicted octanol–water partition coefficient (Wildman–Crippen LogP) is 1.98. The Morgan fingerprint density at radius 2 is 2.08 bits per heavy atom. The molecule has 1 unspecified atom stereocenters. The van der Waals surface area contributed by atoms with Crippen LogP contribution in [0.1, 0.15) is 72.1 Å². The number of aliphatic hydroxyl groups is 1. The van der Waals surface area contributed by atoms with Crippen LogP contribution in [-0.2, 0) is 13.0 Å². The maximum atomic E-state index is 12.9. The first-order chi connectivity index (χ1) is 12.5. The van der Waals surface area contributed by atoms with Gasteiger partial charge in [0.2, 0.25) is 5.01 Å². The van der Waals surface area contributed by atoms with Gasteiger partial charge in [0.25, 0.3) is 0 Å². The van der Waals surface area contributed by atoms with Crippen molar-refractivity contribution in [1.82, 2.24) is 9.97 Å². The van der Waals surface area contributed by atoms with Crippen molar-refractivity contribution in [2.75, 3.05) is 12.3 Å². The average molecular weight is 379 g/mol. The summed E-state index contributed by atoms with van der Waals surface area (Å²) in [4.78, 5) is 9.52. The van der Waals surface area contributed by atoms with Crippen LogP contribution in [-0.4, -0.2) is 21.7 Å². The van der Waals surface area contributed by atoms with Gasteiger partial charge in [0.1, 0.15) is 11.6 Å². The highest BCUT2D eigenvalue weighted by Crippen LogP contribution is 2.25. The molecule has 0 aromatic carbocycles. The fourth-order valence-electron chi connectivity index (χ4n) is 3.03. The molecule has 3 N–H and O–H groups in total. The van der Waals surface area contributed by atoms with E-state index in [-0.39, 0.29) is 6.61 Å². The number of aromatic nitrogens is 3. The van der Waals surface area contributed by atoms with Crippen molar-refractivity contribution in [3.63, 3.8) is 0 Å². The molecule has 0 aliphatic rings. The second-order valence-electron chi connectivity index (χ2n) is 6.67. The molecule has 0 saturated heterocycles. The maximum absolute atomic E-state index is 12.9. The molecule has 26 heavy (non-hydrogen) atoms. The van der Waals surface area contributed by atoms with E-state index < -0.39 is 6.10 Å². The lowest BCUT2D eigenvalue weighted by Gasteiger charge is -2.18. The second kappa shape index (κ2) is 9.94. The van der Waals surface area contributed by atoms with E-state index in [0.717, 1.165) is 40.4 Å². The van der Waals surface area contributed by atoms with Crippen LogP contribution in [0.2, 0.25) is 0 Å². The van der Waals surface area contributed by atoms with E-state index in [4.69, 9.17) is 5.73 Å². The van der Waals surface area contributed by atoms with Crippen molar-refractivity contribution in [2.45, 2.75) is 71.9 Å². The Morgan fingerprint density at radius 3 is 2.73 bits per heavy atom. The molecule has 0 fully saturated rings. The van der Waals surface area contributed by atoms with E-state index in [0.29, 0.717) is 31.0 Å². The van der Waals surface area contributed by atoms with Crippen LogP contribution in [0.5, 0.6) is 0 Å². The van der Waals surface area contributed by atoms with Crippen LogP contribution >= 0.6 is 11.3 Å². The van der Waals surface area contributed by atoms with Crippen molar-refractivity contribution in [3.05, 3.63) is 33.2 Å². The van der Waals surface area contributed by atoms with Gasteiger partial charge in [0.15, 0.2) is 12.2 Å². The van der Waals surface area contributed by atoms with E-state index in [1.54, 1.807) is 13.1 Å². The number of nitrogens with zero attached hydrogens (tertiary/aromatic N) is 3. The Kier molecular flexibility index (Phi) is 7.93. The molecule has 1 atom stereocenters. The smallest absolute Gasteiger partial charge is 0.224 e. The van der Waals surface area contributed by atoms with Crippen molar-refractivity contribution in [3.8, 4) is 0 Å². The third-order valence-corrected chi connectivity index (χ3v) is 6.02. The molecule has 0 saturated carbocycles. The zero-order valence-corrected chi connectivity index (χ0v) is 16.8. The minimum Gasteiger partial charge on any atom is -0.844 e. The Morgan fingerprint density at radius 1 is 1.31 bits per heavy atom. The molecule has 0 aliphatic carbocycles. The Balaban J connectivity index is 2.27. The van der Waals surface area contributed by atoms with Crippen LogP contribution in [0, 0.1) is 13.8 Å². The van der Waals surface area contributed by atoms with Crippen molar-refractivity contribution >= 4 is 17.2 Å². The summed E-state index contributed by atoms with van der Waals surface area (Å²) in [5.74, 6) is 1.09. The van der Waals surface area contributed by atoms with Gasteiger partial charge in [-0.15, -0.1) is 0 Å². The summed E-state index contributed by atoms with van der Waals surface area (Å²) in [6.07, 6.45) is 6.57. The number of aliphatic hydroxyl groups excluding tert-OH is 1. The van der Waals surface area contributed by atoms with Gasteiger partial charge in [-0.1, -0.05) is 50.4 Å². The molecule has 6 nitrogen and oxygen atoms in total. The minimum absolute atomic E-state index is 0.0800. The second-order valence-corrected chi connectivity index (χ2v) is 7.79. The average Bonchev–Trinajstić information content (AvgIpc) is 2.91. The molecule has 0 amide bonds. The highest BCUT2D eigenvalue weighted by atomic mass is 32.1. The molecule has 144 valence electrons. The number of thiazole rings is 1. The third-order valence-electron chi connectivity index (χ3n) is 4.58. The van der Waals surface area contributed by atoms with E-state index in [1.807, 2.05) is 11.5 Å². The van der Waals surface area contributed by atoms with Gasteiger partial charge in [-0.05, 0) is 13.0 Å². The number of unbranched alkanes of at least 4 members (excludes halogenated alkanes) is 3. The summed E-state index contributed by atoms with van der Waals surface area (Å²) >= 11 is 1.52. The fourth-order valence-corrected chi connectivity index (χ4v) is 4.29. The molecular formula is C19H30N4O2S. The lowest BCUT2D eigenvalue weighted by molar-refractivity contribution is -0.709. The summed E-state index contributed by atoms with van der Waals surface area (Å²) in [7, 11) is 0. The number of anilines is 1. The summed E-state index contributed by atoms with van der Waals surface area (Å²) in [5.41, 5.74) is 7.88. The zero-order chi connectivity index (χ0) is 19.1. The Bertz CT molecular complexity index is 718. The maximum Gasteiger partial charge on any atom is 0.224 e. The number of rotatable bonds is 10. The van der Waals surface area contributed by atoms with Gasteiger partial charge in [-0.25, -0.2) is 9.97 Å². The molecule has 2 aromatic heterocycles. The highest BCUT2D eigenvalue weighted by Gasteiger charge is 2.25. The number of hydrogen-bond acceptors (Lipinski definition) is 6. The van der Waals surface area contributed by atoms with Crippen LogP contribution < -0.4 is 15.4 Å². The SMILES string of the molecule is CCCCCCC([O-])c1sc(CCO)c(C)[n+]1Cc1cnc(C)nc1N. The summed E-state index contributed by atoms with van der Waals surface area (Å²) in [6, 6.07) is 0. The Hall–Kier alpha value is -1.57. The molecule has 2 heterocycles. The van der Waals surface area contributed by atoms with E-state index in [2.05, 4.69) is 16.9 Å². The highest BCUT2D eigenvalue weighted by molar-refractivity contribution is 7.11. The van der Waals surface area contributed by atoms with Gasteiger partial charge in [0, 0.05) is 26.1 Å². The largest absolute Gasteiger partial charge is 0.844 e. The standard InChI is InChI=1S/C19H30N4O2S/c1-4-5-6-7-8-16(25)19-23(13(2)17(26-19)9-10-24)12-15-11-21-14(3)22-18(15)20/h11,16,24H,4-10,12H2,1-3H3,(H2,20,21,22). The fraction of sp³-hybridized carbons (Fsp3) is 0.632. The third kappa shape index (κ3) is 5.22. The van der Waals surface area contributed by atoms with Crippen LogP contribution in [0.15, 0.2) is 6.20 Å². The molecule has 0 radical (unpaired) electrons. The van der Waals surface area contributed by atoms with Gasteiger partial charge in [-0.2, -0.15) is 4.57 Å². The number of nitrogens with two attached hydrogens (primary N) is 1.